The van der Waals surface area contributed by atoms with Crippen LogP contribution < -0.4 is 0 Å². The van der Waals surface area contributed by atoms with Crippen LogP contribution in [0.5, 0.6) is 0 Å². The third-order valence-electron chi connectivity index (χ3n) is 8.24. The first-order valence-electron chi connectivity index (χ1n) is 13.8. The lowest BCUT2D eigenvalue weighted by Gasteiger charge is -2.43. The summed E-state index contributed by atoms with van der Waals surface area (Å²) >= 11 is 0. The highest BCUT2D eigenvalue weighted by Gasteiger charge is 2.56. The molecule has 5 heteroatoms. The van der Waals surface area contributed by atoms with E-state index in [9.17, 15) is 9.59 Å². The average molecular weight is 528 g/mol. The van der Waals surface area contributed by atoms with E-state index in [4.69, 9.17) is 0 Å². The van der Waals surface area contributed by atoms with Crippen LogP contribution in [0.2, 0.25) is 0 Å². The molecule has 2 aliphatic heterocycles. The van der Waals surface area contributed by atoms with Crippen molar-refractivity contribution in [2.24, 2.45) is 0 Å². The maximum absolute atomic E-state index is 12.9. The summed E-state index contributed by atoms with van der Waals surface area (Å²) in [5.41, 5.74) is 5.19. The molecular formula is C35H33N3O2+2. The summed E-state index contributed by atoms with van der Waals surface area (Å²) in [4.78, 5) is 27.1. The third kappa shape index (κ3) is 4.02. The normalized spacial score (nSPS) is 18.5. The van der Waals surface area contributed by atoms with Crippen LogP contribution in [-0.4, -0.2) is 52.2 Å². The van der Waals surface area contributed by atoms with Crippen molar-refractivity contribution in [3.63, 3.8) is 0 Å². The summed E-state index contributed by atoms with van der Waals surface area (Å²) in [5.74, 6) is -0.398. The molecule has 1 atom stereocenters. The minimum Gasteiger partial charge on any atom is -0.274 e. The van der Waals surface area contributed by atoms with Crippen LogP contribution in [0.4, 0.5) is 0 Å². The summed E-state index contributed by atoms with van der Waals surface area (Å²) in [5, 5.41) is 0. The van der Waals surface area contributed by atoms with Gasteiger partial charge in [-0.05, 0) is 12.1 Å². The Balaban J connectivity index is 1.37. The van der Waals surface area contributed by atoms with Gasteiger partial charge in [-0.3, -0.25) is 14.5 Å². The number of carbonyl (C=O) groups excluding carboxylic acids is 2. The number of fused-ring (bicyclic) bond motifs is 1. The lowest BCUT2D eigenvalue weighted by Crippen LogP contribution is -2.56. The molecule has 0 spiro atoms. The van der Waals surface area contributed by atoms with Crippen LogP contribution in [0.3, 0.4) is 0 Å². The van der Waals surface area contributed by atoms with Crippen molar-refractivity contribution in [2.75, 3.05) is 20.1 Å². The second kappa shape index (κ2) is 10.2. The van der Waals surface area contributed by atoms with Gasteiger partial charge in [0.2, 0.25) is 5.70 Å². The number of benzene rings is 4. The molecule has 4 aromatic rings. The molecule has 0 fully saturated rings. The number of amides is 2. The number of nitrogens with zero attached hydrogens (tertiary/aromatic N) is 3. The molecule has 0 radical (unpaired) electrons. The predicted octanol–water partition coefficient (Wildman–Crippen LogP) is 6.03. The van der Waals surface area contributed by atoms with Crippen LogP contribution in [0.25, 0.3) is 0 Å². The summed E-state index contributed by atoms with van der Waals surface area (Å²) in [6, 6.07) is 39.2. The molecule has 0 aliphatic carbocycles. The highest BCUT2D eigenvalue weighted by atomic mass is 16.2. The molecule has 4 aromatic carbocycles. The van der Waals surface area contributed by atoms with E-state index in [0.717, 1.165) is 5.70 Å². The summed E-state index contributed by atoms with van der Waals surface area (Å²) in [6.07, 6.45) is 5.27. The van der Waals surface area contributed by atoms with Gasteiger partial charge in [-0.2, -0.15) is 9.06 Å². The van der Waals surface area contributed by atoms with Gasteiger partial charge in [-0.15, -0.1) is 0 Å². The smallest absolute Gasteiger partial charge is 0.274 e. The van der Waals surface area contributed by atoms with Crippen molar-refractivity contribution in [3.05, 3.63) is 155 Å². The summed E-state index contributed by atoms with van der Waals surface area (Å²) in [7, 11) is 2.25. The number of rotatable bonds is 8. The molecule has 0 saturated carbocycles. The Hall–Kier alpha value is -4.61. The van der Waals surface area contributed by atoms with Crippen molar-refractivity contribution >= 4 is 18.2 Å². The first-order valence-corrected chi connectivity index (χ1v) is 13.8. The van der Waals surface area contributed by atoms with Crippen LogP contribution in [0.1, 0.15) is 50.8 Å². The first-order chi connectivity index (χ1) is 19.5. The molecule has 198 valence electrons. The van der Waals surface area contributed by atoms with Gasteiger partial charge in [0, 0.05) is 36.6 Å². The van der Waals surface area contributed by atoms with Crippen LogP contribution in [0, 0.1) is 0 Å². The van der Waals surface area contributed by atoms with E-state index in [2.05, 4.69) is 122 Å². The van der Waals surface area contributed by atoms with E-state index in [-0.39, 0.29) is 11.8 Å². The SMILES string of the molecule is CC1=C[N+](C)(C(c2ccccc2)(c2ccccc2)c2ccccc2)C=[N+]1CCCN1C(=O)c2ccccc2C1=O. The number of hydrogen-bond donors (Lipinski definition) is 0. The second-order valence-corrected chi connectivity index (χ2v) is 10.7. The number of imide groups is 1. The van der Waals surface area contributed by atoms with Crippen molar-refractivity contribution in [1.82, 2.24) is 4.90 Å². The third-order valence-corrected chi connectivity index (χ3v) is 8.24. The van der Waals surface area contributed by atoms with Crippen molar-refractivity contribution in [2.45, 2.75) is 18.9 Å². The fraction of sp³-hybridized carbons (Fsp3) is 0.171. The van der Waals surface area contributed by atoms with Gasteiger partial charge in [-0.25, -0.2) is 0 Å². The number of hydrogen-bond acceptors (Lipinski definition) is 2. The molecule has 1 unspecified atom stereocenters. The molecule has 0 aromatic heterocycles. The Morgan fingerprint density at radius 3 is 1.55 bits per heavy atom. The van der Waals surface area contributed by atoms with Gasteiger partial charge in [0.1, 0.15) is 0 Å². The molecule has 2 amide bonds. The Morgan fingerprint density at radius 2 is 1.10 bits per heavy atom. The lowest BCUT2D eigenvalue weighted by molar-refractivity contribution is -0.820. The zero-order valence-electron chi connectivity index (χ0n) is 22.9. The van der Waals surface area contributed by atoms with Crippen molar-refractivity contribution in [3.8, 4) is 0 Å². The van der Waals surface area contributed by atoms with Gasteiger partial charge in [0.15, 0.2) is 18.3 Å². The maximum Gasteiger partial charge on any atom is 0.338 e. The van der Waals surface area contributed by atoms with Crippen LogP contribution >= 0.6 is 0 Å². The van der Waals surface area contributed by atoms with Gasteiger partial charge in [0.05, 0.1) is 18.2 Å². The van der Waals surface area contributed by atoms with Crippen LogP contribution in [-0.2, 0) is 5.54 Å². The fourth-order valence-electron chi connectivity index (χ4n) is 6.51. The van der Waals surface area contributed by atoms with Crippen molar-refractivity contribution < 1.29 is 18.6 Å². The predicted molar refractivity (Wildman–Crippen MR) is 157 cm³/mol. The Labute approximate surface area is 235 Å². The molecule has 0 saturated heterocycles. The number of carbonyl (C=O) groups is 2. The highest BCUT2D eigenvalue weighted by molar-refractivity contribution is 6.21. The van der Waals surface area contributed by atoms with E-state index >= 15 is 0 Å². The Bertz CT molecular complexity index is 1500. The van der Waals surface area contributed by atoms with E-state index in [1.165, 1.54) is 21.6 Å². The van der Waals surface area contributed by atoms with Gasteiger partial charge >= 0.3 is 6.34 Å². The molecule has 0 N–H and O–H groups in total. The number of quaternary nitrogens is 1. The van der Waals surface area contributed by atoms with Gasteiger partial charge < -0.3 is 0 Å². The second-order valence-electron chi connectivity index (χ2n) is 10.7. The lowest BCUT2D eigenvalue weighted by atomic mass is 9.74. The maximum atomic E-state index is 12.9. The summed E-state index contributed by atoms with van der Waals surface area (Å²) < 4.78 is 2.77. The number of allylic oxidation sites excluding steroid dienone is 1. The van der Waals surface area contributed by atoms with Gasteiger partial charge in [-0.1, -0.05) is 103 Å². The molecular weight excluding hydrogens is 494 g/mol. The zero-order chi connectivity index (χ0) is 27.7. The van der Waals surface area contributed by atoms with E-state index in [0.29, 0.717) is 35.1 Å². The van der Waals surface area contributed by atoms with E-state index in [1.54, 1.807) is 24.3 Å². The highest BCUT2D eigenvalue weighted by Crippen LogP contribution is 2.47. The molecule has 2 aliphatic rings. The van der Waals surface area contributed by atoms with Crippen molar-refractivity contribution in [1.29, 1.82) is 0 Å². The quantitative estimate of drug-likeness (QED) is 0.122. The molecule has 5 nitrogen and oxygen atoms in total. The minimum absolute atomic E-state index is 0.199. The summed E-state index contributed by atoms with van der Waals surface area (Å²) in [6.45, 7) is 3.21. The molecule has 0 bridgehead atoms. The first kappa shape index (κ1) is 25.7. The fourth-order valence-corrected chi connectivity index (χ4v) is 6.51. The van der Waals surface area contributed by atoms with E-state index < -0.39 is 5.54 Å². The largest absolute Gasteiger partial charge is 0.338 e. The monoisotopic (exact) mass is 527 g/mol. The Morgan fingerprint density at radius 1 is 0.675 bits per heavy atom. The topological polar surface area (TPSA) is 40.4 Å². The van der Waals surface area contributed by atoms with Crippen LogP contribution in [0.15, 0.2) is 127 Å². The molecule has 6 rings (SSSR count). The molecule has 2 heterocycles. The molecule has 40 heavy (non-hydrogen) atoms. The average Bonchev–Trinajstić information content (AvgIpc) is 3.42. The Kier molecular flexibility index (Phi) is 6.53. The standard InChI is InChI=1S/C35H33N3O2/c1-27-25-38(2,26-36(27)23-14-24-37-33(39)31-21-12-13-22-32(31)34(37)40)35(28-15-6-3-7-16-28,29-17-8-4-9-18-29)30-19-10-5-11-20-30/h3-13,15-22,25-26H,14,23-24H2,1-2H3/q+2. The minimum atomic E-state index is -0.539. The zero-order valence-corrected chi connectivity index (χ0v) is 22.9. The van der Waals surface area contributed by atoms with E-state index in [1.807, 2.05) is 0 Å². The van der Waals surface area contributed by atoms with Gasteiger partial charge in [0.25, 0.3) is 11.8 Å².